The monoisotopic (exact) mass is 1090 g/mol. The molecule has 7 rings (SSSR count). The van der Waals surface area contributed by atoms with Crippen molar-refractivity contribution >= 4 is 52.2 Å². The van der Waals surface area contributed by atoms with E-state index in [1.807, 2.05) is 0 Å². The van der Waals surface area contributed by atoms with Gasteiger partial charge in [0, 0.05) is 46.3 Å². The molecule has 0 N–H and O–H groups in total. The molecule has 0 aromatic carbocycles. The highest BCUT2D eigenvalue weighted by Crippen LogP contribution is 2.43. The summed E-state index contributed by atoms with van der Waals surface area (Å²) in [6.45, 7) is 13.6. The van der Waals surface area contributed by atoms with Crippen molar-refractivity contribution in [2.45, 2.75) is 234 Å². The zero-order valence-corrected chi connectivity index (χ0v) is 50.7. The van der Waals surface area contributed by atoms with Crippen LogP contribution < -0.4 is 14.7 Å². The van der Waals surface area contributed by atoms with E-state index >= 15 is 0 Å². The third-order valence-electron chi connectivity index (χ3n) is 15.3. The molecule has 0 aliphatic rings. The predicted octanol–water partition coefficient (Wildman–Crippen LogP) is 20.6. The SMILES string of the molecule is CCCCCCc1cccc(N(c2cc(N(c3cccc(CCCCCC)n3)c3cccc(CCCCCC)n3)nc(N(c3cccc(CCCCCC)n3)c3cccc(CCCCCC)n3)c2)c2cccc(CCCCCC)n2)n1. The van der Waals surface area contributed by atoms with Crippen LogP contribution >= 0.6 is 0 Å². The van der Waals surface area contributed by atoms with Crippen LogP contribution in [-0.2, 0) is 38.5 Å². The van der Waals surface area contributed by atoms with Crippen molar-refractivity contribution in [1.29, 1.82) is 0 Å². The quantitative estimate of drug-likeness (QED) is 0.0346. The van der Waals surface area contributed by atoms with Crippen LogP contribution in [0.4, 0.5) is 52.2 Å². The number of anilines is 9. The molecule has 7 aromatic heterocycles. The van der Waals surface area contributed by atoms with Gasteiger partial charge in [-0.1, -0.05) is 194 Å². The van der Waals surface area contributed by atoms with Gasteiger partial charge in [-0.25, -0.2) is 34.9 Å². The lowest BCUT2D eigenvalue weighted by Gasteiger charge is -2.30. The second kappa shape index (κ2) is 35.3. The lowest BCUT2D eigenvalue weighted by molar-refractivity contribution is 0.660. The second-order valence-electron chi connectivity index (χ2n) is 22.3. The van der Waals surface area contributed by atoms with Crippen LogP contribution in [-0.4, -0.2) is 34.9 Å². The first-order valence-corrected chi connectivity index (χ1v) is 32.1. The lowest BCUT2D eigenvalue weighted by atomic mass is 10.1. The van der Waals surface area contributed by atoms with E-state index in [1.54, 1.807) is 0 Å². The molecule has 0 saturated carbocycles. The van der Waals surface area contributed by atoms with E-state index in [9.17, 15) is 0 Å². The van der Waals surface area contributed by atoms with Crippen molar-refractivity contribution in [2.24, 2.45) is 0 Å². The van der Waals surface area contributed by atoms with Crippen molar-refractivity contribution in [3.63, 3.8) is 0 Å². The third kappa shape index (κ3) is 19.8. The number of hydrogen-bond acceptors (Lipinski definition) is 10. The fraction of sp³-hybridized carbons (Fsp3) is 0.507. The van der Waals surface area contributed by atoms with Crippen molar-refractivity contribution in [3.8, 4) is 0 Å². The fourth-order valence-electron chi connectivity index (χ4n) is 10.7. The standard InChI is InChI=1S/C71H98N10/c1-7-13-19-25-37-57-43-31-49-64(72-57)79(65-50-32-44-58(73-65)38-26-20-14-8-2)63-55-70(80(66-51-33-45-59(74-66)39-27-21-15-9-3)67-52-34-46-60(75-67)40-28-22-16-10-4)78-71(56-63)81(68-53-35-47-61(76-68)41-29-23-17-11-5)69-54-36-48-62(77-69)42-30-24-18-12-6/h31-36,43-56H,7-30,37-42H2,1-6H3. The first-order chi connectivity index (χ1) is 39.9. The molecule has 81 heavy (non-hydrogen) atoms. The summed E-state index contributed by atoms with van der Waals surface area (Å²) in [4.78, 5) is 45.5. The summed E-state index contributed by atoms with van der Waals surface area (Å²) in [5.74, 6) is 6.02. The zero-order valence-electron chi connectivity index (χ0n) is 50.7. The fourth-order valence-corrected chi connectivity index (χ4v) is 10.7. The van der Waals surface area contributed by atoms with E-state index in [1.165, 1.54) is 116 Å². The smallest absolute Gasteiger partial charge is 0.144 e. The van der Waals surface area contributed by atoms with E-state index in [2.05, 4.69) is 178 Å². The summed E-state index contributed by atoms with van der Waals surface area (Å²) >= 11 is 0. The molecule has 0 radical (unpaired) electrons. The van der Waals surface area contributed by atoms with E-state index in [-0.39, 0.29) is 0 Å². The van der Waals surface area contributed by atoms with Gasteiger partial charge in [-0.2, -0.15) is 0 Å². The molecule has 7 aromatic rings. The Bertz CT molecular complexity index is 2400. The lowest BCUT2D eigenvalue weighted by Crippen LogP contribution is -2.21. The summed E-state index contributed by atoms with van der Waals surface area (Å²) < 4.78 is 0. The Kier molecular flexibility index (Phi) is 27.1. The molecule has 10 heteroatoms. The van der Waals surface area contributed by atoms with Gasteiger partial charge in [0.05, 0.1) is 5.69 Å². The molecule has 7 heterocycles. The van der Waals surface area contributed by atoms with Gasteiger partial charge < -0.3 is 0 Å². The molecule has 0 aliphatic carbocycles. The Balaban J connectivity index is 1.52. The Morgan fingerprint density at radius 2 is 0.432 bits per heavy atom. The molecule has 10 nitrogen and oxygen atoms in total. The average molecular weight is 1090 g/mol. The molecule has 0 amide bonds. The molecular weight excluding hydrogens is 993 g/mol. The van der Waals surface area contributed by atoms with Crippen LogP contribution in [0.1, 0.15) is 230 Å². The van der Waals surface area contributed by atoms with Gasteiger partial charge in [-0.05, 0) is 150 Å². The summed E-state index contributed by atoms with van der Waals surface area (Å²) in [5, 5.41) is 0. The van der Waals surface area contributed by atoms with Gasteiger partial charge in [-0.15, -0.1) is 0 Å². The summed E-state index contributed by atoms with van der Waals surface area (Å²) in [7, 11) is 0. The maximum atomic E-state index is 5.85. The largest absolute Gasteiger partial charge is 0.279 e. The molecule has 0 fully saturated rings. The van der Waals surface area contributed by atoms with Gasteiger partial charge in [0.1, 0.15) is 46.5 Å². The minimum absolute atomic E-state index is 0.668. The summed E-state index contributed by atoms with van der Waals surface area (Å²) in [6, 6.07) is 43.2. The van der Waals surface area contributed by atoms with Crippen molar-refractivity contribution in [1.82, 2.24) is 34.9 Å². The second-order valence-corrected chi connectivity index (χ2v) is 22.3. The minimum Gasteiger partial charge on any atom is -0.279 e. The number of aryl methyl sites for hydroxylation is 6. The Hall–Kier alpha value is -6.55. The number of unbranched alkanes of at least 4 members (excludes halogenated alkanes) is 18. The first kappa shape index (κ1) is 62.1. The van der Waals surface area contributed by atoms with Crippen LogP contribution in [0.25, 0.3) is 0 Å². The Morgan fingerprint density at radius 3 is 0.642 bits per heavy atom. The van der Waals surface area contributed by atoms with Crippen LogP contribution in [0.5, 0.6) is 0 Å². The average Bonchev–Trinajstić information content (AvgIpc) is 3.69. The molecule has 0 unspecified atom stereocenters. The van der Waals surface area contributed by atoms with Crippen LogP contribution in [0.15, 0.2) is 121 Å². The number of nitrogens with zero attached hydrogens (tertiary/aromatic N) is 10. The van der Waals surface area contributed by atoms with Crippen molar-refractivity contribution in [2.75, 3.05) is 14.7 Å². The maximum Gasteiger partial charge on any atom is 0.144 e. The van der Waals surface area contributed by atoms with Gasteiger partial charge in [0.2, 0.25) is 0 Å². The number of rotatable bonds is 39. The molecule has 0 aliphatic heterocycles. The summed E-state index contributed by atoms with van der Waals surface area (Å²) in [6.07, 6.45) is 33.4. The molecule has 0 bridgehead atoms. The number of hydrogen-bond donors (Lipinski definition) is 0. The third-order valence-corrected chi connectivity index (χ3v) is 15.3. The maximum absolute atomic E-state index is 5.85. The molecule has 0 atom stereocenters. The van der Waals surface area contributed by atoms with Crippen LogP contribution in [0.3, 0.4) is 0 Å². The predicted molar refractivity (Wildman–Crippen MR) is 342 cm³/mol. The van der Waals surface area contributed by atoms with Crippen LogP contribution in [0, 0.1) is 0 Å². The summed E-state index contributed by atoms with van der Waals surface area (Å²) in [5.41, 5.74) is 7.23. The van der Waals surface area contributed by atoms with E-state index in [4.69, 9.17) is 34.9 Å². The van der Waals surface area contributed by atoms with Gasteiger partial charge in [0.15, 0.2) is 0 Å². The number of aromatic nitrogens is 7. The Morgan fingerprint density at radius 1 is 0.222 bits per heavy atom. The highest BCUT2D eigenvalue weighted by molar-refractivity contribution is 5.83. The Labute approximate surface area is 489 Å². The highest BCUT2D eigenvalue weighted by Gasteiger charge is 2.27. The minimum atomic E-state index is 0.668. The van der Waals surface area contributed by atoms with E-state index in [0.717, 1.165) is 152 Å². The number of pyridine rings is 7. The highest BCUT2D eigenvalue weighted by atomic mass is 15.3. The topological polar surface area (TPSA) is 100.0 Å². The van der Waals surface area contributed by atoms with E-state index in [0.29, 0.717) is 11.6 Å². The van der Waals surface area contributed by atoms with E-state index < -0.39 is 0 Å². The van der Waals surface area contributed by atoms with Crippen LogP contribution in [0.2, 0.25) is 0 Å². The molecule has 0 saturated heterocycles. The first-order valence-electron chi connectivity index (χ1n) is 32.1. The normalized spacial score (nSPS) is 11.3. The molecule has 0 spiro atoms. The molecule has 432 valence electrons. The van der Waals surface area contributed by atoms with Crippen molar-refractivity contribution < 1.29 is 0 Å². The van der Waals surface area contributed by atoms with Gasteiger partial charge in [0.25, 0.3) is 0 Å². The van der Waals surface area contributed by atoms with Gasteiger partial charge in [-0.3, -0.25) is 14.7 Å². The van der Waals surface area contributed by atoms with Gasteiger partial charge >= 0.3 is 0 Å². The molecular formula is C71H98N10. The van der Waals surface area contributed by atoms with Crippen molar-refractivity contribution in [3.05, 3.63) is 155 Å². The zero-order chi connectivity index (χ0) is 56.7.